The van der Waals surface area contributed by atoms with Crippen molar-refractivity contribution >= 4 is 60.3 Å². The minimum Gasteiger partial charge on any atom is -0.481 e. The van der Waals surface area contributed by atoms with E-state index in [1.165, 1.54) is 30.6 Å². The summed E-state index contributed by atoms with van der Waals surface area (Å²) < 4.78 is 32.7. The van der Waals surface area contributed by atoms with Gasteiger partial charge in [-0.3, -0.25) is 9.59 Å². The number of halogens is 1. The highest BCUT2D eigenvalue weighted by molar-refractivity contribution is 7.89. The average Bonchev–Trinajstić information content (AvgIpc) is 3.56. The Morgan fingerprint density at radius 3 is 2.54 bits per heavy atom. The lowest BCUT2D eigenvalue weighted by molar-refractivity contribution is -0.137. The van der Waals surface area contributed by atoms with E-state index in [4.69, 9.17) is 21.4 Å². The number of hydrogen-bond acceptors (Lipinski definition) is 8. The smallest absolute Gasteiger partial charge is 0.304 e. The van der Waals surface area contributed by atoms with Crippen LogP contribution in [0.1, 0.15) is 50.0 Å². The molecule has 0 spiro atoms. The van der Waals surface area contributed by atoms with E-state index < -0.39 is 21.9 Å². The molecule has 2 N–H and O–H groups in total. The third kappa shape index (κ3) is 7.52. The average molecular weight is 595 g/mol. The number of nitrogens with one attached hydrogen (secondary N) is 1. The van der Waals surface area contributed by atoms with Crippen molar-refractivity contribution in [2.45, 2.75) is 49.3 Å². The van der Waals surface area contributed by atoms with Gasteiger partial charge in [-0.1, -0.05) is 60.8 Å². The van der Waals surface area contributed by atoms with E-state index in [-0.39, 0.29) is 36.9 Å². The lowest BCUT2D eigenvalue weighted by Gasteiger charge is -2.23. The van der Waals surface area contributed by atoms with Crippen molar-refractivity contribution in [1.29, 1.82) is 0 Å². The summed E-state index contributed by atoms with van der Waals surface area (Å²) in [6.07, 6.45) is 4.70. The normalized spacial score (nSPS) is 15.2. The number of nitrogens with zero attached hydrogens (tertiary/aromatic N) is 3. The number of amides is 1. The predicted molar refractivity (Wildman–Crippen MR) is 150 cm³/mol. The van der Waals surface area contributed by atoms with Crippen molar-refractivity contribution in [3.8, 4) is 0 Å². The molecule has 1 aliphatic carbocycles. The first kappa shape index (κ1) is 29.3. The van der Waals surface area contributed by atoms with E-state index in [0.29, 0.717) is 38.5 Å². The van der Waals surface area contributed by atoms with E-state index in [2.05, 4.69) is 15.3 Å². The molecule has 1 atom stereocenters. The van der Waals surface area contributed by atoms with Gasteiger partial charge in [-0.15, -0.1) is 0 Å². The summed E-state index contributed by atoms with van der Waals surface area (Å²) >= 11 is 7.22. The molecule has 1 saturated carbocycles. The number of pyridine rings is 1. The van der Waals surface area contributed by atoms with Crippen LogP contribution >= 0.6 is 22.9 Å². The van der Waals surface area contributed by atoms with Crippen molar-refractivity contribution in [3.63, 3.8) is 0 Å². The van der Waals surface area contributed by atoms with Crippen LogP contribution in [0.4, 0.5) is 5.13 Å². The number of rotatable bonds is 13. The molecular weight excluding hydrogens is 564 g/mol. The van der Waals surface area contributed by atoms with Crippen molar-refractivity contribution in [1.82, 2.24) is 14.3 Å². The fraction of sp³-hybridized carbons (Fsp3) is 0.462. The van der Waals surface area contributed by atoms with Gasteiger partial charge in [0.2, 0.25) is 15.9 Å². The summed E-state index contributed by atoms with van der Waals surface area (Å²) in [6, 6.07) is 9.67. The number of thiazole rings is 1. The second-order valence-corrected chi connectivity index (χ2v) is 12.8. The molecule has 0 aliphatic heterocycles. The number of ether oxygens (including phenoxy) is 1. The SMILES string of the molecule is COCCN(CCC(=O)O)S(=O)(=O)c1ccc([C@H](CC2CCCC2)C(=O)Nc2nc3ccc(Cl)nc3s2)cc1. The summed E-state index contributed by atoms with van der Waals surface area (Å²) in [7, 11) is -2.51. The molecule has 2 heterocycles. The lowest BCUT2D eigenvalue weighted by atomic mass is 9.87. The topological polar surface area (TPSA) is 139 Å². The Morgan fingerprint density at radius 1 is 1.15 bits per heavy atom. The first-order valence-electron chi connectivity index (χ1n) is 12.7. The molecule has 3 aromatic rings. The number of hydrogen-bond donors (Lipinski definition) is 2. The molecule has 13 heteroatoms. The molecule has 10 nitrogen and oxygen atoms in total. The highest BCUT2D eigenvalue weighted by Gasteiger charge is 2.29. The molecule has 2 aromatic heterocycles. The minimum atomic E-state index is -3.96. The van der Waals surface area contributed by atoms with Crippen molar-refractivity contribution < 1.29 is 27.9 Å². The molecule has 1 fully saturated rings. The second-order valence-electron chi connectivity index (χ2n) is 9.51. The zero-order valence-electron chi connectivity index (χ0n) is 21.5. The Balaban J connectivity index is 1.56. The van der Waals surface area contributed by atoms with Crippen LogP contribution in [0.2, 0.25) is 5.15 Å². The molecule has 1 aliphatic rings. The number of sulfonamides is 1. The maximum Gasteiger partial charge on any atom is 0.304 e. The van der Waals surface area contributed by atoms with Gasteiger partial charge < -0.3 is 15.2 Å². The van der Waals surface area contributed by atoms with Gasteiger partial charge >= 0.3 is 5.97 Å². The standard InChI is InChI=1S/C26H31ClN4O6S2/c1-37-15-14-31(13-12-23(32)33)39(35,36)19-8-6-18(7-9-19)20(16-17-4-2-3-5-17)24(34)30-26-28-21-10-11-22(27)29-25(21)38-26/h6-11,17,20H,2-5,12-16H2,1H3,(H,32,33)(H,28,30,34)/t20-/m0/s1. The molecule has 1 amide bonds. The van der Waals surface area contributed by atoms with E-state index in [9.17, 15) is 18.0 Å². The molecule has 210 valence electrons. The highest BCUT2D eigenvalue weighted by Crippen LogP contribution is 2.36. The lowest BCUT2D eigenvalue weighted by Crippen LogP contribution is -2.35. The minimum absolute atomic E-state index is 0.0295. The Morgan fingerprint density at radius 2 is 1.87 bits per heavy atom. The molecule has 0 radical (unpaired) electrons. The molecule has 1 aromatic carbocycles. The fourth-order valence-electron chi connectivity index (χ4n) is 4.80. The van der Waals surface area contributed by atoms with Gasteiger partial charge in [0, 0.05) is 20.2 Å². The van der Waals surface area contributed by atoms with Gasteiger partial charge in [0.15, 0.2) is 5.13 Å². The predicted octanol–water partition coefficient (Wildman–Crippen LogP) is 4.76. The first-order chi connectivity index (χ1) is 18.7. The van der Waals surface area contributed by atoms with Gasteiger partial charge in [-0.25, -0.2) is 18.4 Å². The Labute approximate surface area is 236 Å². The van der Waals surface area contributed by atoms with Crippen LogP contribution in [0.3, 0.4) is 0 Å². The number of fused-ring (bicyclic) bond motifs is 1. The van der Waals surface area contributed by atoms with Crippen molar-refractivity contribution in [3.05, 3.63) is 47.1 Å². The number of anilines is 1. The summed E-state index contributed by atoms with van der Waals surface area (Å²) in [6.45, 7) is -0.00536. The number of benzene rings is 1. The highest BCUT2D eigenvalue weighted by atomic mass is 35.5. The number of carbonyl (C=O) groups excluding carboxylic acids is 1. The van der Waals surface area contributed by atoms with Gasteiger partial charge in [0.05, 0.1) is 23.8 Å². The molecule has 4 rings (SSSR count). The maximum atomic E-state index is 13.5. The van der Waals surface area contributed by atoms with E-state index in [1.54, 1.807) is 24.3 Å². The maximum absolute atomic E-state index is 13.5. The fourth-order valence-corrected chi connectivity index (χ4v) is 7.26. The van der Waals surface area contributed by atoms with E-state index in [0.717, 1.165) is 30.0 Å². The van der Waals surface area contributed by atoms with Crippen LogP contribution in [0.5, 0.6) is 0 Å². The zero-order valence-corrected chi connectivity index (χ0v) is 23.9. The molecule has 0 saturated heterocycles. The van der Waals surface area contributed by atoms with E-state index in [1.807, 2.05) is 0 Å². The summed E-state index contributed by atoms with van der Waals surface area (Å²) in [5, 5.41) is 12.7. The second kappa shape index (κ2) is 13.1. The zero-order chi connectivity index (χ0) is 28.0. The van der Waals surface area contributed by atoms with Gasteiger partial charge in [0.25, 0.3) is 0 Å². The van der Waals surface area contributed by atoms with Crippen LogP contribution in [-0.4, -0.2) is 66.5 Å². The number of methoxy groups -OCH3 is 1. The van der Waals surface area contributed by atoms with E-state index >= 15 is 0 Å². The number of carboxylic acid groups (broad SMARTS) is 1. The van der Waals surface area contributed by atoms with Crippen molar-refractivity contribution in [2.75, 3.05) is 32.1 Å². The molecule has 0 unspecified atom stereocenters. The van der Waals surface area contributed by atoms with Crippen molar-refractivity contribution in [2.24, 2.45) is 5.92 Å². The number of carboxylic acids is 1. The number of aromatic nitrogens is 2. The first-order valence-corrected chi connectivity index (χ1v) is 15.4. The molecular formula is C26H31ClN4O6S2. The van der Waals surface area contributed by atoms with Crippen LogP contribution < -0.4 is 5.32 Å². The van der Waals surface area contributed by atoms with Gasteiger partial charge in [0.1, 0.15) is 15.5 Å². The Bertz CT molecular complexity index is 1410. The third-order valence-corrected chi connectivity index (χ3v) is 9.86. The largest absolute Gasteiger partial charge is 0.481 e. The Hall–Kier alpha value is -2.64. The summed E-state index contributed by atoms with van der Waals surface area (Å²) in [5.74, 6) is -1.40. The number of carbonyl (C=O) groups is 2. The summed E-state index contributed by atoms with van der Waals surface area (Å²) in [4.78, 5) is 33.9. The summed E-state index contributed by atoms with van der Waals surface area (Å²) in [5.41, 5.74) is 1.34. The van der Waals surface area contributed by atoms with Crippen LogP contribution in [-0.2, 0) is 24.3 Å². The third-order valence-electron chi connectivity index (χ3n) is 6.85. The Kier molecular flexibility index (Phi) is 9.89. The molecule has 39 heavy (non-hydrogen) atoms. The van der Waals surface area contributed by atoms with Gasteiger partial charge in [-0.2, -0.15) is 4.31 Å². The molecule has 0 bridgehead atoms. The van der Waals surface area contributed by atoms with Crippen LogP contribution in [0.15, 0.2) is 41.3 Å². The van der Waals surface area contributed by atoms with Crippen LogP contribution in [0.25, 0.3) is 10.3 Å². The van der Waals surface area contributed by atoms with Gasteiger partial charge in [-0.05, 0) is 42.2 Å². The monoisotopic (exact) mass is 594 g/mol. The quantitative estimate of drug-likeness (QED) is 0.270. The van der Waals surface area contributed by atoms with Crippen LogP contribution in [0, 0.1) is 5.92 Å². The number of aliphatic carboxylic acids is 1.